The van der Waals surface area contributed by atoms with E-state index in [1.54, 1.807) is 4.52 Å². The van der Waals surface area contributed by atoms with Crippen LogP contribution in [0.5, 0.6) is 0 Å². The molecule has 0 bridgehead atoms. The SMILES string of the molecule is CCc1cnc2nc(C(C)N)nn2c1. The maximum absolute atomic E-state index is 5.68. The summed E-state index contributed by atoms with van der Waals surface area (Å²) in [5.74, 6) is 1.24. The van der Waals surface area contributed by atoms with Crippen LogP contribution in [0, 0.1) is 0 Å². The molecule has 0 aliphatic heterocycles. The third kappa shape index (κ3) is 1.46. The molecule has 2 rings (SSSR count). The van der Waals surface area contributed by atoms with Gasteiger partial charge in [0.25, 0.3) is 5.78 Å². The quantitative estimate of drug-likeness (QED) is 0.758. The van der Waals surface area contributed by atoms with Crippen LogP contribution in [0.4, 0.5) is 0 Å². The predicted octanol–water partition coefficient (Wildman–Crippen LogP) is 0.706. The van der Waals surface area contributed by atoms with Crippen molar-refractivity contribution in [3.8, 4) is 0 Å². The summed E-state index contributed by atoms with van der Waals surface area (Å²) in [6.45, 7) is 3.93. The highest BCUT2D eigenvalue weighted by molar-refractivity contribution is 5.28. The van der Waals surface area contributed by atoms with Crippen LogP contribution in [0.1, 0.15) is 31.3 Å². The largest absolute Gasteiger partial charge is 0.321 e. The summed E-state index contributed by atoms with van der Waals surface area (Å²) in [7, 11) is 0. The van der Waals surface area contributed by atoms with Crippen molar-refractivity contribution in [3.63, 3.8) is 0 Å². The van der Waals surface area contributed by atoms with Gasteiger partial charge in [-0.15, -0.1) is 5.10 Å². The number of aryl methyl sites for hydroxylation is 1. The molecule has 2 N–H and O–H groups in total. The van der Waals surface area contributed by atoms with E-state index < -0.39 is 0 Å². The van der Waals surface area contributed by atoms with Gasteiger partial charge in [0.15, 0.2) is 5.82 Å². The first-order chi connectivity index (χ1) is 6.70. The number of hydrogen-bond donors (Lipinski definition) is 1. The molecule has 0 saturated heterocycles. The van der Waals surface area contributed by atoms with Gasteiger partial charge in [0.2, 0.25) is 0 Å². The zero-order chi connectivity index (χ0) is 10.1. The Bertz CT molecular complexity index is 445. The summed E-state index contributed by atoms with van der Waals surface area (Å²) in [5.41, 5.74) is 6.82. The summed E-state index contributed by atoms with van der Waals surface area (Å²) >= 11 is 0. The third-order valence-electron chi connectivity index (χ3n) is 2.08. The second-order valence-electron chi connectivity index (χ2n) is 3.32. The van der Waals surface area contributed by atoms with Gasteiger partial charge >= 0.3 is 0 Å². The highest BCUT2D eigenvalue weighted by Gasteiger charge is 2.08. The minimum absolute atomic E-state index is 0.151. The topological polar surface area (TPSA) is 69.1 Å². The minimum Gasteiger partial charge on any atom is -0.321 e. The molecule has 0 fully saturated rings. The lowest BCUT2D eigenvalue weighted by Gasteiger charge is -1.95. The fourth-order valence-corrected chi connectivity index (χ4v) is 1.21. The van der Waals surface area contributed by atoms with E-state index in [2.05, 4.69) is 22.0 Å². The van der Waals surface area contributed by atoms with Crippen LogP contribution in [0.15, 0.2) is 12.4 Å². The third-order valence-corrected chi connectivity index (χ3v) is 2.08. The predicted molar refractivity (Wildman–Crippen MR) is 52.8 cm³/mol. The number of nitrogens with zero attached hydrogens (tertiary/aromatic N) is 4. The molecule has 0 saturated carbocycles. The van der Waals surface area contributed by atoms with Crippen LogP contribution in [-0.4, -0.2) is 19.6 Å². The lowest BCUT2D eigenvalue weighted by molar-refractivity contribution is 0.732. The van der Waals surface area contributed by atoms with Crippen molar-refractivity contribution >= 4 is 5.78 Å². The standard InChI is InChI=1S/C9H13N5/c1-3-7-4-11-9-12-8(6(2)10)13-14(9)5-7/h4-6H,3,10H2,1-2H3. The molecule has 0 aliphatic carbocycles. The first-order valence-electron chi connectivity index (χ1n) is 4.67. The molecule has 0 aromatic carbocycles. The zero-order valence-electron chi connectivity index (χ0n) is 8.31. The second kappa shape index (κ2) is 3.34. The van der Waals surface area contributed by atoms with E-state index in [0.717, 1.165) is 12.0 Å². The molecule has 0 spiro atoms. The van der Waals surface area contributed by atoms with Crippen LogP contribution in [-0.2, 0) is 6.42 Å². The molecule has 1 atom stereocenters. The monoisotopic (exact) mass is 191 g/mol. The Kier molecular flexibility index (Phi) is 2.17. The molecule has 5 nitrogen and oxygen atoms in total. The smallest absolute Gasteiger partial charge is 0.252 e. The number of hydrogen-bond acceptors (Lipinski definition) is 4. The van der Waals surface area contributed by atoms with Gasteiger partial charge in [-0.25, -0.2) is 9.50 Å². The Hall–Kier alpha value is -1.49. The van der Waals surface area contributed by atoms with E-state index in [-0.39, 0.29) is 6.04 Å². The Morgan fingerprint density at radius 3 is 3.00 bits per heavy atom. The van der Waals surface area contributed by atoms with Crippen molar-refractivity contribution in [2.75, 3.05) is 0 Å². The highest BCUT2D eigenvalue weighted by atomic mass is 15.3. The molecular weight excluding hydrogens is 178 g/mol. The van der Waals surface area contributed by atoms with Crippen LogP contribution in [0.3, 0.4) is 0 Å². The molecule has 2 aromatic rings. The molecular formula is C9H13N5. The maximum Gasteiger partial charge on any atom is 0.252 e. The average Bonchev–Trinajstić information content (AvgIpc) is 2.59. The van der Waals surface area contributed by atoms with Crippen molar-refractivity contribution < 1.29 is 0 Å². The molecule has 2 heterocycles. The van der Waals surface area contributed by atoms with Crippen LogP contribution < -0.4 is 5.73 Å². The van der Waals surface area contributed by atoms with Crippen molar-refractivity contribution in [2.24, 2.45) is 5.73 Å². The molecule has 14 heavy (non-hydrogen) atoms. The summed E-state index contributed by atoms with van der Waals surface area (Å²) in [5, 5.41) is 4.24. The van der Waals surface area contributed by atoms with Gasteiger partial charge in [-0.05, 0) is 18.9 Å². The van der Waals surface area contributed by atoms with E-state index in [9.17, 15) is 0 Å². The Morgan fingerprint density at radius 2 is 2.36 bits per heavy atom. The van der Waals surface area contributed by atoms with Crippen molar-refractivity contribution in [2.45, 2.75) is 26.3 Å². The van der Waals surface area contributed by atoms with Gasteiger partial charge in [0.1, 0.15) is 0 Å². The average molecular weight is 191 g/mol. The van der Waals surface area contributed by atoms with Crippen molar-refractivity contribution in [3.05, 3.63) is 23.8 Å². The molecule has 0 radical (unpaired) electrons. The molecule has 5 heteroatoms. The zero-order valence-corrected chi connectivity index (χ0v) is 8.31. The number of aromatic nitrogens is 4. The first kappa shape index (κ1) is 9.08. The second-order valence-corrected chi connectivity index (χ2v) is 3.32. The van der Waals surface area contributed by atoms with Gasteiger partial charge < -0.3 is 5.73 Å². The summed E-state index contributed by atoms with van der Waals surface area (Å²) in [6.07, 6.45) is 4.69. The molecule has 74 valence electrons. The highest BCUT2D eigenvalue weighted by Crippen LogP contribution is 2.06. The van der Waals surface area contributed by atoms with Gasteiger partial charge in [0.05, 0.1) is 6.04 Å². The lowest BCUT2D eigenvalue weighted by Crippen LogP contribution is -2.07. The van der Waals surface area contributed by atoms with Gasteiger partial charge in [-0.3, -0.25) is 0 Å². The van der Waals surface area contributed by atoms with Crippen LogP contribution in [0.2, 0.25) is 0 Å². The van der Waals surface area contributed by atoms with Gasteiger partial charge in [0, 0.05) is 12.4 Å². The number of nitrogens with two attached hydrogens (primary N) is 1. The summed E-state index contributed by atoms with van der Waals surface area (Å²) in [4.78, 5) is 8.39. The Morgan fingerprint density at radius 1 is 1.57 bits per heavy atom. The van der Waals surface area contributed by atoms with E-state index >= 15 is 0 Å². The molecule has 0 aliphatic rings. The van der Waals surface area contributed by atoms with E-state index in [4.69, 9.17) is 5.73 Å². The number of rotatable bonds is 2. The normalized spacial score (nSPS) is 13.4. The molecule has 2 aromatic heterocycles. The van der Waals surface area contributed by atoms with Crippen molar-refractivity contribution in [1.82, 2.24) is 19.6 Å². The molecule has 1 unspecified atom stereocenters. The van der Waals surface area contributed by atoms with E-state index in [1.165, 1.54) is 0 Å². The lowest BCUT2D eigenvalue weighted by atomic mass is 10.3. The fourth-order valence-electron chi connectivity index (χ4n) is 1.21. The van der Waals surface area contributed by atoms with Gasteiger partial charge in [-0.2, -0.15) is 4.98 Å². The van der Waals surface area contributed by atoms with E-state index in [1.807, 2.05) is 19.3 Å². The molecule has 0 amide bonds. The summed E-state index contributed by atoms with van der Waals surface area (Å²) in [6, 6.07) is -0.151. The number of fused-ring (bicyclic) bond motifs is 1. The first-order valence-corrected chi connectivity index (χ1v) is 4.67. The summed E-state index contributed by atoms with van der Waals surface area (Å²) < 4.78 is 1.68. The minimum atomic E-state index is -0.151. The van der Waals surface area contributed by atoms with Crippen LogP contribution >= 0.6 is 0 Å². The fraction of sp³-hybridized carbons (Fsp3) is 0.444. The Balaban J connectivity index is 2.54. The van der Waals surface area contributed by atoms with Crippen molar-refractivity contribution in [1.29, 1.82) is 0 Å². The van der Waals surface area contributed by atoms with Crippen LogP contribution in [0.25, 0.3) is 5.78 Å². The Labute approximate surface area is 82.0 Å². The van der Waals surface area contributed by atoms with Gasteiger partial charge in [-0.1, -0.05) is 6.92 Å². The maximum atomic E-state index is 5.68. The van der Waals surface area contributed by atoms with E-state index in [0.29, 0.717) is 11.6 Å².